The van der Waals surface area contributed by atoms with Crippen molar-refractivity contribution in [2.45, 2.75) is 55.0 Å². The molecule has 154 valence electrons. The van der Waals surface area contributed by atoms with Crippen LogP contribution in [0.1, 0.15) is 48.7 Å². The van der Waals surface area contributed by atoms with Crippen molar-refractivity contribution in [3.63, 3.8) is 0 Å². The highest BCUT2D eigenvalue weighted by molar-refractivity contribution is 8.16. The Hall–Kier alpha value is -0.890. The van der Waals surface area contributed by atoms with Gasteiger partial charge in [-0.05, 0) is 48.5 Å². The molecule has 1 saturated carbocycles. The van der Waals surface area contributed by atoms with Gasteiger partial charge in [0.05, 0.1) is 11.2 Å². The molecule has 1 aliphatic carbocycles. The first-order valence-electron chi connectivity index (χ1n) is 10.3. The number of hydrogen-bond donors (Lipinski definition) is 1. The van der Waals surface area contributed by atoms with E-state index in [1.165, 1.54) is 29.9 Å². The van der Waals surface area contributed by atoms with Crippen LogP contribution in [0.2, 0.25) is 0 Å². The number of hydrogen-bond acceptors (Lipinski definition) is 6. The van der Waals surface area contributed by atoms with E-state index in [4.69, 9.17) is 14.2 Å². The molecule has 2 saturated heterocycles. The molecule has 1 atom stereocenters. The lowest BCUT2D eigenvalue weighted by Gasteiger charge is -2.31. The molecule has 1 aromatic carbocycles. The zero-order valence-corrected chi connectivity index (χ0v) is 17.8. The number of rotatable bonds is 6. The molecule has 3 aliphatic rings. The van der Waals surface area contributed by atoms with Gasteiger partial charge in [0.25, 0.3) is 5.91 Å². The van der Waals surface area contributed by atoms with Gasteiger partial charge in [-0.2, -0.15) is 0 Å². The minimum atomic E-state index is -0.388. The van der Waals surface area contributed by atoms with Crippen molar-refractivity contribution in [1.29, 1.82) is 0 Å². The first kappa shape index (κ1) is 20.4. The number of thioether (sulfide) groups is 2. The van der Waals surface area contributed by atoms with Crippen LogP contribution in [-0.2, 0) is 14.3 Å². The summed E-state index contributed by atoms with van der Waals surface area (Å²) in [6, 6.07) is 8.13. The Morgan fingerprint density at radius 2 is 1.86 bits per heavy atom. The van der Waals surface area contributed by atoms with Crippen LogP contribution in [0.3, 0.4) is 0 Å². The third-order valence-electron chi connectivity index (χ3n) is 5.41. The molecule has 7 heteroatoms. The van der Waals surface area contributed by atoms with Crippen LogP contribution in [0, 0.1) is 0 Å². The molecule has 3 fully saturated rings. The van der Waals surface area contributed by atoms with E-state index < -0.39 is 0 Å². The molecule has 4 rings (SSSR count). The van der Waals surface area contributed by atoms with Gasteiger partial charge in [0.15, 0.2) is 12.4 Å². The van der Waals surface area contributed by atoms with Gasteiger partial charge in [-0.15, -0.1) is 23.5 Å². The molecule has 5 nitrogen and oxygen atoms in total. The van der Waals surface area contributed by atoms with Gasteiger partial charge >= 0.3 is 0 Å². The minimum Gasteiger partial charge on any atom is -0.484 e. The molecule has 1 N–H and O–H groups in total. The zero-order valence-electron chi connectivity index (χ0n) is 16.2. The monoisotopic (exact) mass is 423 g/mol. The van der Waals surface area contributed by atoms with Crippen LogP contribution >= 0.6 is 23.5 Å². The first-order chi connectivity index (χ1) is 13.7. The molecule has 28 heavy (non-hydrogen) atoms. The highest BCUT2D eigenvalue weighted by Gasteiger charge is 2.42. The van der Waals surface area contributed by atoms with Gasteiger partial charge < -0.3 is 19.5 Å². The summed E-state index contributed by atoms with van der Waals surface area (Å²) in [7, 11) is 0. The van der Waals surface area contributed by atoms with Crippen molar-refractivity contribution in [3.8, 4) is 5.75 Å². The van der Waals surface area contributed by atoms with E-state index in [1.807, 2.05) is 35.7 Å². The van der Waals surface area contributed by atoms with Gasteiger partial charge in [0, 0.05) is 19.4 Å². The first-order valence-corrected chi connectivity index (χ1v) is 12.4. The fraction of sp³-hybridized carbons (Fsp3) is 0.667. The normalized spacial score (nSPS) is 24.9. The van der Waals surface area contributed by atoms with E-state index in [-0.39, 0.29) is 24.4 Å². The van der Waals surface area contributed by atoms with Crippen LogP contribution in [0.15, 0.2) is 24.3 Å². The molecular formula is C21H29NO4S2. The second-order valence-electron chi connectivity index (χ2n) is 7.61. The SMILES string of the molecule is O=C(COc1ccc(C2SCCCS2)cc1)NC[C@H]1COC2(CCCCC2)O1. The molecular weight excluding hydrogens is 394 g/mol. The third-order valence-corrected chi connectivity index (χ3v) is 8.42. The molecule has 0 aromatic heterocycles. The van der Waals surface area contributed by atoms with Gasteiger partial charge in [-0.25, -0.2) is 0 Å². The zero-order chi connectivity index (χ0) is 19.2. The average Bonchev–Trinajstić information content (AvgIpc) is 3.14. The van der Waals surface area contributed by atoms with E-state index in [1.54, 1.807) is 0 Å². The van der Waals surface area contributed by atoms with Gasteiger partial charge in [-0.1, -0.05) is 18.6 Å². The van der Waals surface area contributed by atoms with Gasteiger partial charge in [0.1, 0.15) is 11.9 Å². The maximum Gasteiger partial charge on any atom is 0.258 e. The summed E-state index contributed by atoms with van der Waals surface area (Å²) in [6.45, 7) is 1.05. The maximum absolute atomic E-state index is 12.1. The van der Waals surface area contributed by atoms with E-state index in [0.717, 1.165) is 31.4 Å². The lowest BCUT2D eigenvalue weighted by atomic mass is 9.94. The van der Waals surface area contributed by atoms with E-state index in [0.29, 0.717) is 17.7 Å². The number of nitrogens with one attached hydrogen (secondary N) is 1. The number of carbonyl (C=O) groups excluding carboxylic acids is 1. The minimum absolute atomic E-state index is 0.0188. The number of benzene rings is 1. The molecule has 0 radical (unpaired) electrons. The summed E-state index contributed by atoms with van der Waals surface area (Å²) in [5.41, 5.74) is 1.32. The number of carbonyl (C=O) groups is 1. The standard InChI is InChI=1S/C21H29NO4S2/c23-19(22-13-18-14-25-21(26-18)9-2-1-3-10-21)15-24-17-7-5-16(6-8-17)20-27-11-4-12-28-20/h5-8,18,20H,1-4,9-15H2,(H,22,23)/t18-/m0/s1. The lowest BCUT2D eigenvalue weighted by Crippen LogP contribution is -2.38. The van der Waals surface area contributed by atoms with Crippen LogP contribution in [0.5, 0.6) is 5.75 Å². The predicted molar refractivity (Wildman–Crippen MR) is 114 cm³/mol. The van der Waals surface area contributed by atoms with E-state index >= 15 is 0 Å². The fourth-order valence-electron chi connectivity index (χ4n) is 3.90. The molecule has 0 unspecified atom stereocenters. The van der Waals surface area contributed by atoms with Crippen molar-refractivity contribution in [3.05, 3.63) is 29.8 Å². The molecule has 2 aliphatic heterocycles. The Morgan fingerprint density at radius 1 is 1.11 bits per heavy atom. The largest absolute Gasteiger partial charge is 0.484 e. The Labute approximate surface area is 175 Å². The molecule has 1 aromatic rings. The van der Waals surface area contributed by atoms with Crippen molar-refractivity contribution in [2.75, 3.05) is 31.3 Å². The van der Waals surface area contributed by atoms with Gasteiger partial charge in [0.2, 0.25) is 0 Å². The second kappa shape index (κ2) is 9.74. The molecule has 1 spiro atoms. The summed E-state index contributed by atoms with van der Waals surface area (Å²) in [5.74, 6) is 2.67. The van der Waals surface area contributed by atoms with Crippen LogP contribution in [0.25, 0.3) is 0 Å². The van der Waals surface area contributed by atoms with Crippen LogP contribution in [-0.4, -0.2) is 49.1 Å². The smallest absolute Gasteiger partial charge is 0.258 e. The maximum atomic E-state index is 12.1. The fourth-order valence-corrected chi connectivity index (χ4v) is 6.79. The second-order valence-corrected chi connectivity index (χ2v) is 10.3. The highest BCUT2D eigenvalue weighted by atomic mass is 32.2. The van der Waals surface area contributed by atoms with Crippen molar-refractivity contribution in [2.24, 2.45) is 0 Å². The predicted octanol–water partition coefficient (Wildman–Crippen LogP) is 4.13. The highest BCUT2D eigenvalue weighted by Crippen LogP contribution is 2.43. The quantitative estimate of drug-likeness (QED) is 0.743. The Kier molecular flexibility index (Phi) is 7.09. The third kappa shape index (κ3) is 5.38. The Balaban J connectivity index is 1.16. The van der Waals surface area contributed by atoms with E-state index in [9.17, 15) is 4.79 Å². The average molecular weight is 424 g/mol. The summed E-state index contributed by atoms with van der Waals surface area (Å²) < 4.78 is 18.2. The van der Waals surface area contributed by atoms with Crippen LogP contribution < -0.4 is 10.1 Å². The number of amides is 1. The summed E-state index contributed by atoms with van der Waals surface area (Å²) in [4.78, 5) is 12.1. The van der Waals surface area contributed by atoms with Crippen molar-refractivity contribution >= 4 is 29.4 Å². The van der Waals surface area contributed by atoms with Crippen molar-refractivity contribution < 1.29 is 19.0 Å². The Bertz CT molecular complexity index is 642. The molecule has 1 amide bonds. The molecule has 0 bridgehead atoms. The lowest BCUT2D eigenvalue weighted by molar-refractivity contribution is -0.186. The van der Waals surface area contributed by atoms with E-state index in [2.05, 4.69) is 17.4 Å². The summed E-state index contributed by atoms with van der Waals surface area (Å²) in [5, 5.41) is 2.90. The summed E-state index contributed by atoms with van der Waals surface area (Å²) in [6.07, 6.45) is 6.73. The van der Waals surface area contributed by atoms with Gasteiger partial charge in [-0.3, -0.25) is 4.79 Å². The Morgan fingerprint density at radius 3 is 2.61 bits per heavy atom. The molecule has 2 heterocycles. The van der Waals surface area contributed by atoms with Crippen LogP contribution in [0.4, 0.5) is 0 Å². The topological polar surface area (TPSA) is 56.8 Å². The summed E-state index contributed by atoms with van der Waals surface area (Å²) >= 11 is 4.01. The van der Waals surface area contributed by atoms with Crippen molar-refractivity contribution in [1.82, 2.24) is 5.32 Å². The number of ether oxygens (including phenoxy) is 3.